The lowest BCUT2D eigenvalue weighted by Gasteiger charge is -2.29. The van der Waals surface area contributed by atoms with Crippen LogP contribution in [-0.2, 0) is 4.79 Å². The number of aryl methyl sites for hydroxylation is 1. The van der Waals surface area contributed by atoms with Gasteiger partial charge >= 0.3 is 0 Å². The van der Waals surface area contributed by atoms with Crippen LogP contribution in [0.2, 0.25) is 0 Å². The lowest BCUT2D eigenvalue weighted by atomic mass is 9.74. The van der Waals surface area contributed by atoms with Gasteiger partial charge in [0.05, 0.1) is 0 Å². The Morgan fingerprint density at radius 1 is 0.950 bits per heavy atom. The van der Waals surface area contributed by atoms with E-state index >= 15 is 0 Å². The number of ketones is 1. The quantitative estimate of drug-likeness (QED) is 0.773. The van der Waals surface area contributed by atoms with E-state index in [1.54, 1.807) is 0 Å². The zero-order valence-corrected chi connectivity index (χ0v) is 11.9. The monoisotopic (exact) mass is 264 g/mol. The number of Topliss-reactive ketones (excluding diaryl/α,β-unsaturated/α-hetero) is 1. The van der Waals surface area contributed by atoms with Crippen molar-refractivity contribution in [2.24, 2.45) is 0 Å². The predicted molar refractivity (Wildman–Crippen MR) is 82.0 cm³/mol. The summed E-state index contributed by atoms with van der Waals surface area (Å²) < 4.78 is 0. The van der Waals surface area contributed by atoms with Gasteiger partial charge in [-0.05, 0) is 42.4 Å². The third-order valence-electron chi connectivity index (χ3n) is 4.48. The topological polar surface area (TPSA) is 17.1 Å². The summed E-state index contributed by atoms with van der Waals surface area (Å²) >= 11 is 0. The molecule has 1 saturated carbocycles. The van der Waals surface area contributed by atoms with Gasteiger partial charge in [0.2, 0.25) is 0 Å². The summed E-state index contributed by atoms with van der Waals surface area (Å²) in [5, 5.41) is 0. The zero-order valence-electron chi connectivity index (χ0n) is 11.9. The van der Waals surface area contributed by atoms with Crippen LogP contribution in [0.4, 0.5) is 0 Å². The molecule has 3 rings (SSSR count). The van der Waals surface area contributed by atoms with E-state index in [0.717, 1.165) is 12.8 Å². The summed E-state index contributed by atoms with van der Waals surface area (Å²) in [5.41, 5.74) is 3.94. The molecule has 1 aliphatic carbocycles. The van der Waals surface area contributed by atoms with Crippen molar-refractivity contribution in [3.05, 3.63) is 71.3 Å². The van der Waals surface area contributed by atoms with E-state index in [4.69, 9.17) is 0 Å². The number of carbonyl (C=O) groups is 1. The van der Waals surface area contributed by atoms with Gasteiger partial charge < -0.3 is 0 Å². The van der Waals surface area contributed by atoms with E-state index in [0.29, 0.717) is 18.1 Å². The summed E-state index contributed by atoms with van der Waals surface area (Å²) in [7, 11) is 0. The van der Waals surface area contributed by atoms with Crippen molar-refractivity contribution in [3.63, 3.8) is 0 Å². The lowest BCUT2D eigenvalue weighted by Crippen LogP contribution is -2.22. The second-order valence-electron chi connectivity index (χ2n) is 5.76. The molecule has 2 aromatic rings. The third-order valence-corrected chi connectivity index (χ3v) is 4.48. The number of carbonyl (C=O) groups excluding carboxylic acids is 1. The molecule has 0 aromatic heterocycles. The molecule has 2 aromatic carbocycles. The first kappa shape index (κ1) is 13.1. The number of rotatable bonds is 2. The smallest absolute Gasteiger partial charge is 0.140 e. The van der Waals surface area contributed by atoms with E-state index < -0.39 is 0 Å². The standard InChI is InChI=1S/C19H20O/c1-14-7-5-6-10-17(14)16-11-12-19(20)18(13-16)15-8-3-2-4-9-15/h2-10,16,18H,11-13H2,1H3. The van der Waals surface area contributed by atoms with Gasteiger partial charge in [0.15, 0.2) is 0 Å². The Balaban J connectivity index is 1.87. The summed E-state index contributed by atoms with van der Waals surface area (Å²) in [4.78, 5) is 12.3. The first-order valence-electron chi connectivity index (χ1n) is 7.39. The van der Waals surface area contributed by atoms with E-state index in [1.165, 1.54) is 16.7 Å². The van der Waals surface area contributed by atoms with E-state index in [2.05, 4.69) is 43.3 Å². The Morgan fingerprint density at radius 3 is 2.40 bits per heavy atom. The van der Waals surface area contributed by atoms with Crippen LogP contribution in [0.15, 0.2) is 54.6 Å². The van der Waals surface area contributed by atoms with Crippen molar-refractivity contribution >= 4 is 5.78 Å². The number of hydrogen-bond donors (Lipinski definition) is 0. The van der Waals surface area contributed by atoms with Crippen molar-refractivity contribution in [3.8, 4) is 0 Å². The van der Waals surface area contributed by atoms with Gasteiger partial charge in [-0.15, -0.1) is 0 Å². The zero-order chi connectivity index (χ0) is 13.9. The van der Waals surface area contributed by atoms with Crippen LogP contribution >= 0.6 is 0 Å². The molecule has 0 aliphatic heterocycles. The Kier molecular flexibility index (Phi) is 3.68. The molecule has 1 fully saturated rings. The maximum atomic E-state index is 12.3. The van der Waals surface area contributed by atoms with Crippen LogP contribution in [0.3, 0.4) is 0 Å². The average Bonchev–Trinajstić information content (AvgIpc) is 2.49. The van der Waals surface area contributed by atoms with Crippen molar-refractivity contribution in [1.29, 1.82) is 0 Å². The predicted octanol–water partition coefficient (Wildman–Crippen LogP) is 4.62. The summed E-state index contributed by atoms with van der Waals surface area (Å²) in [6.45, 7) is 2.17. The van der Waals surface area contributed by atoms with Crippen LogP contribution in [0.25, 0.3) is 0 Å². The van der Waals surface area contributed by atoms with Crippen LogP contribution in [0.1, 0.15) is 47.8 Å². The molecule has 0 bridgehead atoms. The molecule has 0 amide bonds. The second kappa shape index (κ2) is 5.62. The minimum atomic E-state index is 0.0783. The van der Waals surface area contributed by atoms with Crippen LogP contribution < -0.4 is 0 Å². The fourth-order valence-electron chi connectivity index (χ4n) is 3.36. The van der Waals surface area contributed by atoms with Gasteiger partial charge in [0.25, 0.3) is 0 Å². The fraction of sp³-hybridized carbons (Fsp3) is 0.316. The van der Waals surface area contributed by atoms with E-state index in [1.807, 2.05) is 18.2 Å². The van der Waals surface area contributed by atoms with E-state index in [-0.39, 0.29) is 5.92 Å². The number of hydrogen-bond acceptors (Lipinski definition) is 1. The van der Waals surface area contributed by atoms with Crippen molar-refractivity contribution in [1.82, 2.24) is 0 Å². The Labute approximate surface area is 120 Å². The molecule has 0 spiro atoms. The highest BCUT2D eigenvalue weighted by molar-refractivity contribution is 5.86. The third kappa shape index (κ3) is 2.53. The molecule has 0 heterocycles. The highest BCUT2D eigenvalue weighted by Gasteiger charge is 2.30. The minimum absolute atomic E-state index is 0.0783. The molecule has 20 heavy (non-hydrogen) atoms. The van der Waals surface area contributed by atoms with Crippen LogP contribution in [0.5, 0.6) is 0 Å². The first-order valence-corrected chi connectivity index (χ1v) is 7.39. The molecule has 0 N–H and O–H groups in total. The summed E-state index contributed by atoms with van der Waals surface area (Å²) in [6, 6.07) is 18.8. The maximum Gasteiger partial charge on any atom is 0.140 e. The Bertz CT molecular complexity index is 600. The van der Waals surface area contributed by atoms with Gasteiger partial charge in [-0.2, -0.15) is 0 Å². The molecule has 1 nitrogen and oxygen atoms in total. The van der Waals surface area contributed by atoms with Crippen molar-refractivity contribution in [2.45, 2.75) is 38.0 Å². The molecular weight excluding hydrogens is 244 g/mol. The van der Waals surface area contributed by atoms with E-state index in [9.17, 15) is 4.79 Å². The summed E-state index contributed by atoms with van der Waals surface area (Å²) in [5.74, 6) is 0.995. The largest absolute Gasteiger partial charge is 0.299 e. The van der Waals surface area contributed by atoms with Gasteiger partial charge in [0, 0.05) is 12.3 Å². The molecule has 2 unspecified atom stereocenters. The molecule has 0 radical (unpaired) electrons. The lowest BCUT2D eigenvalue weighted by molar-refractivity contribution is -0.122. The molecule has 102 valence electrons. The van der Waals surface area contributed by atoms with Crippen LogP contribution in [0, 0.1) is 6.92 Å². The van der Waals surface area contributed by atoms with Gasteiger partial charge in [-0.1, -0.05) is 54.6 Å². The van der Waals surface area contributed by atoms with Gasteiger partial charge in [-0.25, -0.2) is 0 Å². The van der Waals surface area contributed by atoms with Crippen molar-refractivity contribution in [2.75, 3.05) is 0 Å². The molecular formula is C19H20O. The minimum Gasteiger partial charge on any atom is -0.299 e. The normalized spacial score (nSPS) is 22.8. The highest BCUT2D eigenvalue weighted by atomic mass is 16.1. The van der Waals surface area contributed by atoms with Crippen LogP contribution in [-0.4, -0.2) is 5.78 Å². The Hall–Kier alpha value is -1.89. The summed E-state index contributed by atoms with van der Waals surface area (Å²) in [6.07, 6.45) is 2.65. The number of benzene rings is 2. The fourth-order valence-corrected chi connectivity index (χ4v) is 3.36. The van der Waals surface area contributed by atoms with Gasteiger partial charge in [-0.3, -0.25) is 4.79 Å². The maximum absolute atomic E-state index is 12.3. The molecule has 1 heteroatoms. The molecule has 0 saturated heterocycles. The van der Waals surface area contributed by atoms with Gasteiger partial charge in [0.1, 0.15) is 5.78 Å². The van der Waals surface area contributed by atoms with Crippen molar-refractivity contribution < 1.29 is 4.79 Å². The SMILES string of the molecule is Cc1ccccc1C1CCC(=O)C(c2ccccc2)C1. The Morgan fingerprint density at radius 2 is 1.65 bits per heavy atom. The highest BCUT2D eigenvalue weighted by Crippen LogP contribution is 2.40. The molecule has 2 atom stereocenters. The second-order valence-corrected chi connectivity index (χ2v) is 5.76. The average molecular weight is 264 g/mol. The first-order chi connectivity index (χ1) is 9.75. The molecule has 1 aliphatic rings.